The van der Waals surface area contributed by atoms with Crippen molar-refractivity contribution >= 4 is 0 Å². The molecule has 0 bridgehead atoms. The Labute approximate surface area is 165 Å². The largest absolute Gasteiger partial charge is 0.419 e. The van der Waals surface area contributed by atoms with E-state index in [0.717, 1.165) is 18.7 Å². The average molecular weight is 377 g/mol. The SMILES string of the molecule is Cc1ccc(C)c(C2NNCC2CN(C)Cc2nnc(-c3ccccc3)o2)c1. The van der Waals surface area contributed by atoms with Crippen LogP contribution in [0.15, 0.2) is 52.9 Å². The van der Waals surface area contributed by atoms with Crippen LogP contribution in [-0.4, -0.2) is 35.2 Å². The molecule has 1 aromatic heterocycles. The van der Waals surface area contributed by atoms with Crippen LogP contribution in [0.4, 0.5) is 0 Å². The van der Waals surface area contributed by atoms with E-state index >= 15 is 0 Å². The van der Waals surface area contributed by atoms with Crippen LogP contribution in [0.2, 0.25) is 0 Å². The normalized spacial score (nSPS) is 19.4. The van der Waals surface area contributed by atoms with Crippen LogP contribution in [-0.2, 0) is 6.54 Å². The van der Waals surface area contributed by atoms with Gasteiger partial charge in [-0.05, 0) is 44.2 Å². The summed E-state index contributed by atoms with van der Waals surface area (Å²) in [6, 6.07) is 16.8. The molecule has 2 heterocycles. The highest BCUT2D eigenvalue weighted by atomic mass is 16.4. The van der Waals surface area contributed by atoms with Gasteiger partial charge in [0.2, 0.25) is 11.8 Å². The first kappa shape index (κ1) is 18.8. The molecule has 1 aliphatic heterocycles. The van der Waals surface area contributed by atoms with Gasteiger partial charge in [-0.2, -0.15) is 0 Å². The Kier molecular flexibility index (Phi) is 5.52. The summed E-state index contributed by atoms with van der Waals surface area (Å²) in [4.78, 5) is 2.25. The zero-order valence-corrected chi connectivity index (χ0v) is 16.6. The molecule has 6 heteroatoms. The van der Waals surface area contributed by atoms with Crippen molar-refractivity contribution in [1.29, 1.82) is 0 Å². The molecule has 0 saturated carbocycles. The number of benzene rings is 2. The van der Waals surface area contributed by atoms with Gasteiger partial charge in [0.25, 0.3) is 0 Å². The van der Waals surface area contributed by atoms with Gasteiger partial charge >= 0.3 is 0 Å². The van der Waals surface area contributed by atoms with E-state index in [0.29, 0.717) is 30.3 Å². The van der Waals surface area contributed by atoms with Gasteiger partial charge in [0, 0.05) is 24.6 Å². The molecule has 0 amide bonds. The second-order valence-electron chi connectivity index (χ2n) is 7.69. The summed E-state index contributed by atoms with van der Waals surface area (Å²) < 4.78 is 5.86. The van der Waals surface area contributed by atoms with Crippen LogP contribution in [0, 0.1) is 19.8 Å². The zero-order valence-electron chi connectivity index (χ0n) is 16.6. The van der Waals surface area contributed by atoms with Crippen LogP contribution in [0.25, 0.3) is 11.5 Å². The molecule has 1 fully saturated rings. The number of nitrogens with one attached hydrogen (secondary N) is 2. The minimum absolute atomic E-state index is 0.296. The molecule has 2 N–H and O–H groups in total. The lowest BCUT2D eigenvalue weighted by atomic mass is 9.90. The second kappa shape index (κ2) is 8.22. The maximum Gasteiger partial charge on any atom is 0.247 e. The summed E-state index contributed by atoms with van der Waals surface area (Å²) in [5.41, 5.74) is 11.7. The molecular formula is C22H27N5O. The number of hydrazine groups is 1. The molecule has 1 saturated heterocycles. The predicted molar refractivity (Wildman–Crippen MR) is 109 cm³/mol. The fraction of sp³-hybridized carbons (Fsp3) is 0.364. The van der Waals surface area contributed by atoms with Gasteiger partial charge < -0.3 is 4.42 Å². The van der Waals surface area contributed by atoms with E-state index in [9.17, 15) is 0 Å². The lowest BCUT2D eigenvalue weighted by Gasteiger charge is -2.25. The first-order chi connectivity index (χ1) is 13.6. The Morgan fingerprint density at radius 1 is 1.11 bits per heavy atom. The number of hydrogen-bond acceptors (Lipinski definition) is 6. The van der Waals surface area contributed by atoms with Crippen LogP contribution in [0.3, 0.4) is 0 Å². The van der Waals surface area contributed by atoms with Crippen LogP contribution < -0.4 is 10.9 Å². The Morgan fingerprint density at radius 2 is 1.93 bits per heavy atom. The van der Waals surface area contributed by atoms with Crippen LogP contribution >= 0.6 is 0 Å². The highest BCUT2D eigenvalue weighted by molar-refractivity contribution is 5.51. The van der Waals surface area contributed by atoms with E-state index in [4.69, 9.17) is 4.42 Å². The van der Waals surface area contributed by atoms with Crippen molar-refractivity contribution in [3.8, 4) is 11.5 Å². The van der Waals surface area contributed by atoms with Crippen molar-refractivity contribution in [1.82, 2.24) is 25.9 Å². The molecule has 2 unspecified atom stereocenters. The van der Waals surface area contributed by atoms with Crippen molar-refractivity contribution in [3.05, 3.63) is 71.1 Å². The number of nitrogens with zero attached hydrogens (tertiary/aromatic N) is 3. The van der Waals surface area contributed by atoms with Gasteiger partial charge in [0.05, 0.1) is 12.6 Å². The van der Waals surface area contributed by atoms with Crippen molar-refractivity contribution in [2.45, 2.75) is 26.4 Å². The Hall–Kier alpha value is -2.54. The third-order valence-electron chi connectivity index (χ3n) is 5.30. The van der Waals surface area contributed by atoms with Crippen LogP contribution in [0.1, 0.15) is 28.6 Å². The van der Waals surface area contributed by atoms with Gasteiger partial charge in [-0.3, -0.25) is 10.3 Å². The average Bonchev–Trinajstić information content (AvgIpc) is 3.34. The molecule has 0 spiro atoms. The number of aromatic nitrogens is 2. The zero-order chi connectivity index (χ0) is 19.5. The number of aryl methyl sites for hydroxylation is 2. The molecule has 6 nitrogen and oxygen atoms in total. The van der Waals surface area contributed by atoms with E-state index in [1.807, 2.05) is 30.3 Å². The van der Waals surface area contributed by atoms with E-state index in [2.05, 4.69) is 65.0 Å². The van der Waals surface area contributed by atoms with Crippen molar-refractivity contribution < 1.29 is 4.42 Å². The summed E-state index contributed by atoms with van der Waals surface area (Å²) in [6.45, 7) is 6.82. The highest BCUT2D eigenvalue weighted by Crippen LogP contribution is 2.29. The maximum atomic E-state index is 5.86. The molecule has 2 atom stereocenters. The lowest BCUT2D eigenvalue weighted by Crippen LogP contribution is -2.30. The standard InChI is InChI=1S/C22H27N5O/c1-15-9-10-16(2)19(11-15)21-18(12-23-25-21)13-27(3)14-20-24-26-22(28-20)17-7-5-4-6-8-17/h4-11,18,21,23,25H,12-14H2,1-3H3. The maximum absolute atomic E-state index is 5.86. The molecular weight excluding hydrogens is 350 g/mol. The summed E-state index contributed by atoms with van der Waals surface area (Å²) in [7, 11) is 2.10. The summed E-state index contributed by atoms with van der Waals surface area (Å²) in [6.07, 6.45) is 0. The predicted octanol–water partition coefficient (Wildman–Crippen LogP) is 3.25. The Bertz CT molecular complexity index is 924. The number of rotatable bonds is 6. The first-order valence-corrected chi connectivity index (χ1v) is 9.72. The first-order valence-electron chi connectivity index (χ1n) is 9.72. The Balaban J connectivity index is 1.41. The minimum atomic E-state index is 0.296. The fourth-order valence-corrected chi connectivity index (χ4v) is 3.84. The van der Waals surface area contributed by atoms with Crippen molar-refractivity contribution in [2.24, 2.45) is 5.92 Å². The lowest BCUT2D eigenvalue weighted by molar-refractivity contribution is 0.241. The van der Waals surface area contributed by atoms with E-state index in [1.165, 1.54) is 16.7 Å². The molecule has 3 aromatic rings. The van der Waals surface area contributed by atoms with E-state index in [1.54, 1.807) is 0 Å². The van der Waals surface area contributed by atoms with Crippen LogP contribution in [0.5, 0.6) is 0 Å². The quantitative estimate of drug-likeness (QED) is 0.687. The van der Waals surface area contributed by atoms with Gasteiger partial charge in [-0.1, -0.05) is 42.0 Å². The van der Waals surface area contributed by atoms with E-state index in [-0.39, 0.29) is 0 Å². The molecule has 0 radical (unpaired) electrons. The van der Waals surface area contributed by atoms with Gasteiger partial charge in [-0.15, -0.1) is 10.2 Å². The Morgan fingerprint density at radius 3 is 2.75 bits per heavy atom. The summed E-state index contributed by atoms with van der Waals surface area (Å²) >= 11 is 0. The smallest absolute Gasteiger partial charge is 0.247 e. The van der Waals surface area contributed by atoms with Gasteiger partial charge in [0.15, 0.2) is 0 Å². The topological polar surface area (TPSA) is 66.2 Å². The van der Waals surface area contributed by atoms with Gasteiger partial charge in [0.1, 0.15) is 0 Å². The number of hydrogen-bond donors (Lipinski definition) is 2. The third-order valence-corrected chi connectivity index (χ3v) is 5.30. The molecule has 0 aliphatic carbocycles. The van der Waals surface area contributed by atoms with Crippen molar-refractivity contribution in [3.63, 3.8) is 0 Å². The summed E-state index contributed by atoms with van der Waals surface area (Å²) in [5, 5.41) is 8.41. The second-order valence-corrected chi connectivity index (χ2v) is 7.69. The monoisotopic (exact) mass is 377 g/mol. The third kappa shape index (κ3) is 4.14. The summed E-state index contributed by atoms with van der Waals surface area (Å²) in [5.74, 6) is 1.67. The molecule has 4 rings (SSSR count). The molecule has 1 aliphatic rings. The molecule has 146 valence electrons. The minimum Gasteiger partial charge on any atom is -0.419 e. The highest BCUT2D eigenvalue weighted by Gasteiger charge is 2.30. The van der Waals surface area contributed by atoms with E-state index < -0.39 is 0 Å². The molecule has 2 aromatic carbocycles. The molecule has 28 heavy (non-hydrogen) atoms. The van der Waals surface area contributed by atoms with Gasteiger partial charge in [-0.25, -0.2) is 5.43 Å². The fourth-order valence-electron chi connectivity index (χ4n) is 3.84. The van der Waals surface area contributed by atoms with Crippen molar-refractivity contribution in [2.75, 3.05) is 20.1 Å².